The number of benzene rings is 2. The minimum atomic E-state index is -4.79. The van der Waals surface area contributed by atoms with Crippen LogP contribution in [0.1, 0.15) is 5.69 Å². The highest BCUT2D eigenvalue weighted by molar-refractivity contribution is 7.89. The van der Waals surface area contributed by atoms with Gasteiger partial charge >= 0.3 is 6.18 Å². The molecule has 2 N–H and O–H groups in total. The maximum atomic E-state index is 13.9. The molecule has 3 aromatic rings. The molecule has 150 valence electrons. The third-order valence-electron chi connectivity index (χ3n) is 4.03. The average Bonchev–Trinajstić information content (AvgIpc) is 3.02. The summed E-state index contributed by atoms with van der Waals surface area (Å²) in [6, 6.07) is 12.3. The number of nitrogens with two attached hydrogens (primary N) is 1. The van der Waals surface area contributed by atoms with Gasteiger partial charge < -0.3 is 0 Å². The molecule has 0 fully saturated rings. The molecule has 0 unspecified atom stereocenters. The van der Waals surface area contributed by atoms with Gasteiger partial charge in [-0.1, -0.05) is 35.9 Å². The van der Waals surface area contributed by atoms with Crippen molar-refractivity contribution in [1.82, 2.24) is 9.78 Å². The van der Waals surface area contributed by atoms with E-state index >= 15 is 0 Å². The van der Waals surface area contributed by atoms with Gasteiger partial charge in [0.05, 0.1) is 11.0 Å². The van der Waals surface area contributed by atoms with Crippen molar-refractivity contribution in [2.75, 3.05) is 0 Å². The zero-order chi connectivity index (χ0) is 21.4. The predicted octanol–water partition coefficient (Wildman–Crippen LogP) is 4.06. The Balaban J connectivity index is 2.31. The average molecular weight is 441 g/mol. The van der Waals surface area contributed by atoms with E-state index in [1.165, 1.54) is 48.5 Å². The van der Waals surface area contributed by atoms with Crippen LogP contribution in [0.15, 0.2) is 53.4 Å². The number of nitriles is 1. The fourth-order valence-corrected chi connectivity index (χ4v) is 3.47. The van der Waals surface area contributed by atoms with Gasteiger partial charge in [-0.3, -0.25) is 0 Å². The summed E-state index contributed by atoms with van der Waals surface area (Å²) in [5.74, 6) is 0. The summed E-state index contributed by atoms with van der Waals surface area (Å²) in [7, 11) is -3.97. The number of alkyl halides is 3. The van der Waals surface area contributed by atoms with Crippen molar-refractivity contribution >= 4 is 21.6 Å². The quantitative estimate of drug-likeness (QED) is 0.660. The predicted molar refractivity (Wildman–Crippen MR) is 100 cm³/mol. The molecule has 0 aliphatic heterocycles. The Labute approximate surface area is 169 Å². The zero-order valence-corrected chi connectivity index (χ0v) is 16.1. The van der Waals surface area contributed by atoms with Crippen LogP contribution in [0.25, 0.3) is 22.4 Å². The summed E-state index contributed by atoms with van der Waals surface area (Å²) < 4.78 is 65.0. The van der Waals surface area contributed by atoms with Crippen molar-refractivity contribution in [1.29, 1.82) is 5.26 Å². The first kappa shape index (κ1) is 20.9. The Morgan fingerprint density at radius 2 is 1.62 bits per heavy atom. The number of hydrogen-bond donors (Lipinski definition) is 1. The van der Waals surface area contributed by atoms with Gasteiger partial charge in [-0.25, -0.2) is 18.2 Å². The van der Waals surface area contributed by atoms with Crippen LogP contribution in [0, 0.1) is 11.3 Å². The van der Waals surface area contributed by atoms with Crippen molar-refractivity contribution in [3.05, 3.63) is 59.2 Å². The highest BCUT2D eigenvalue weighted by atomic mass is 35.5. The lowest BCUT2D eigenvalue weighted by Gasteiger charge is -2.12. The molecule has 2 aromatic carbocycles. The van der Waals surface area contributed by atoms with E-state index < -0.39 is 28.4 Å². The van der Waals surface area contributed by atoms with Gasteiger partial charge in [0.15, 0.2) is 5.69 Å². The van der Waals surface area contributed by atoms with E-state index in [9.17, 15) is 21.6 Å². The minimum Gasteiger partial charge on any atom is -0.245 e. The Morgan fingerprint density at radius 3 is 2.10 bits per heavy atom. The Bertz CT molecular complexity index is 1200. The van der Waals surface area contributed by atoms with Crippen molar-refractivity contribution in [3.63, 3.8) is 0 Å². The number of sulfonamides is 1. The highest BCUT2D eigenvalue weighted by Crippen LogP contribution is 2.43. The van der Waals surface area contributed by atoms with Crippen LogP contribution >= 0.6 is 11.6 Å². The number of rotatable bonds is 4. The first-order chi connectivity index (χ1) is 13.5. The van der Waals surface area contributed by atoms with Crippen LogP contribution in [-0.4, -0.2) is 18.2 Å². The van der Waals surface area contributed by atoms with Crippen LogP contribution < -0.4 is 5.14 Å². The van der Waals surface area contributed by atoms with Crippen molar-refractivity contribution in [2.45, 2.75) is 17.6 Å². The molecule has 0 atom stereocenters. The molecular formula is C18H12ClF3N4O2S. The third kappa shape index (κ3) is 4.27. The largest absolute Gasteiger partial charge is 0.433 e. The van der Waals surface area contributed by atoms with Gasteiger partial charge in [0, 0.05) is 16.1 Å². The smallest absolute Gasteiger partial charge is 0.245 e. The molecule has 3 rings (SSSR count). The zero-order valence-electron chi connectivity index (χ0n) is 14.5. The Morgan fingerprint density at radius 1 is 1.07 bits per heavy atom. The van der Waals surface area contributed by atoms with Gasteiger partial charge in [-0.2, -0.15) is 23.5 Å². The van der Waals surface area contributed by atoms with E-state index in [-0.39, 0.29) is 27.3 Å². The standard InChI is InChI=1S/C18H12ClF3N4O2S/c19-13-5-1-11(2-6-13)15-16(12-3-7-14(8-4-12)29(24,27)28)25-26(10-9-23)17(15)18(20,21)22/h1-8H,10H2,(H2,24,27,28). The normalized spacial score (nSPS) is 12.0. The second kappa shape index (κ2) is 7.51. The summed E-state index contributed by atoms with van der Waals surface area (Å²) in [4.78, 5) is -0.193. The Kier molecular flexibility index (Phi) is 5.40. The van der Waals surface area contributed by atoms with Crippen LogP contribution in [-0.2, 0) is 22.7 Å². The van der Waals surface area contributed by atoms with Gasteiger partial charge in [-0.15, -0.1) is 0 Å². The number of nitrogens with zero attached hydrogens (tertiary/aromatic N) is 3. The summed E-state index contributed by atoms with van der Waals surface area (Å²) in [5, 5.41) is 18.3. The second-order valence-corrected chi connectivity index (χ2v) is 7.96. The molecule has 29 heavy (non-hydrogen) atoms. The summed E-state index contributed by atoms with van der Waals surface area (Å²) in [6.45, 7) is -0.620. The van der Waals surface area contributed by atoms with E-state index in [0.717, 1.165) is 0 Å². The van der Waals surface area contributed by atoms with Gasteiger partial charge in [0.1, 0.15) is 12.2 Å². The van der Waals surface area contributed by atoms with Crippen LogP contribution in [0.2, 0.25) is 5.02 Å². The van der Waals surface area contributed by atoms with E-state index in [2.05, 4.69) is 5.10 Å². The fourth-order valence-electron chi connectivity index (χ4n) is 2.83. The minimum absolute atomic E-state index is 0.0594. The maximum absolute atomic E-state index is 13.9. The molecule has 0 saturated carbocycles. The second-order valence-electron chi connectivity index (χ2n) is 5.96. The van der Waals surface area contributed by atoms with Crippen LogP contribution in [0.3, 0.4) is 0 Å². The lowest BCUT2D eigenvalue weighted by molar-refractivity contribution is -0.143. The SMILES string of the molecule is N#CCn1nc(-c2ccc(S(N)(=O)=O)cc2)c(-c2ccc(Cl)cc2)c1C(F)(F)F. The van der Waals surface area contributed by atoms with Crippen molar-refractivity contribution in [2.24, 2.45) is 5.14 Å². The van der Waals surface area contributed by atoms with Crippen molar-refractivity contribution < 1.29 is 21.6 Å². The Hall–Kier alpha value is -2.87. The fraction of sp³-hybridized carbons (Fsp3) is 0.111. The maximum Gasteiger partial charge on any atom is 0.433 e. The van der Waals surface area contributed by atoms with Crippen LogP contribution in [0.5, 0.6) is 0 Å². The van der Waals surface area contributed by atoms with E-state index in [1.807, 2.05) is 0 Å². The number of primary sulfonamides is 1. The lowest BCUT2D eigenvalue weighted by Crippen LogP contribution is -2.15. The van der Waals surface area contributed by atoms with Crippen molar-refractivity contribution in [3.8, 4) is 28.5 Å². The number of aromatic nitrogens is 2. The molecular weight excluding hydrogens is 429 g/mol. The summed E-state index contributed by atoms with van der Waals surface area (Å²) >= 11 is 5.85. The van der Waals surface area contributed by atoms with Gasteiger partial charge in [-0.05, 0) is 29.8 Å². The number of hydrogen-bond acceptors (Lipinski definition) is 4. The molecule has 0 bridgehead atoms. The molecule has 0 aliphatic carbocycles. The van der Waals surface area contributed by atoms with Crippen LogP contribution in [0.4, 0.5) is 13.2 Å². The first-order valence-electron chi connectivity index (χ1n) is 7.96. The summed E-state index contributed by atoms with van der Waals surface area (Å²) in [5.41, 5.74) is -0.975. The molecule has 0 aliphatic rings. The van der Waals surface area contributed by atoms with E-state index in [4.69, 9.17) is 22.0 Å². The summed E-state index contributed by atoms with van der Waals surface area (Å²) in [6.07, 6.45) is -4.79. The lowest BCUT2D eigenvalue weighted by atomic mass is 9.98. The number of halogens is 4. The molecule has 0 radical (unpaired) electrons. The molecule has 0 spiro atoms. The van der Waals surface area contributed by atoms with Gasteiger partial charge in [0.25, 0.3) is 0 Å². The molecule has 0 saturated heterocycles. The molecule has 1 heterocycles. The third-order valence-corrected chi connectivity index (χ3v) is 5.21. The highest BCUT2D eigenvalue weighted by Gasteiger charge is 2.40. The van der Waals surface area contributed by atoms with Gasteiger partial charge in [0.2, 0.25) is 10.0 Å². The molecule has 0 amide bonds. The molecule has 6 nitrogen and oxygen atoms in total. The molecule has 1 aromatic heterocycles. The monoisotopic (exact) mass is 440 g/mol. The van der Waals surface area contributed by atoms with E-state index in [0.29, 0.717) is 9.70 Å². The topological polar surface area (TPSA) is 102 Å². The van der Waals surface area contributed by atoms with E-state index in [1.54, 1.807) is 6.07 Å². The molecule has 11 heteroatoms. The first-order valence-corrected chi connectivity index (χ1v) is 9.89.